The number of rotatable bonds is 5. The smallest absolute Gasteiger partial charge is 0.263 e. The summed E-state index contributed by atoms with van der Waals surface area (Å²) in [4.78, 5) is 16.7. The number of hydrogen-bond acceptors (Lipinski definition) is 4. The van der Waals surface area contributed by atoms with Gasteiger partial charge >= 0.3 is 0 Å². The van der Waals surface area contributed by atoms with Crippen molar-refractivity contribution in [2.75, 3.05) is 6.54 Å². The monoisotopic (exact) mass is 256 g/mol. The van der Waals surface area contributed by atoms with E-state index in [1.807, 2.05) is 27.7 Å². The summed E-state index contributed by atoms with van der Waals surface area (Å²) in [6.45, 7) is 8.09. The third kappa shape index (κ3) is 4.44. The van der Waals surface area contributed by atoms with Gasteiger partial charge in [-0.05, 0) is 26.2 Å². The zero-order valence-electron chi connectivity index (χ0n) is 10.8. The summed E-state index contributed by atoms with van der Waals surface area (Å²) in [5.74, 6) is 0.283. The zero-order valence-corrected chi connectivity index (χ0v) is 11.6. The van der Waals surface area contributed by atoms with E-state index in [9.17, 15) is 9.90 Å². The van der Waals surface area contributed by atoms with Crippen LogP contribution in [0, 0.1) is 19.8 Å². The first-order chi connectivity index (χ1) is 7.90. The van der Waals surface area contributed by atoms with Gasteiger partial charge in [-0.3, -0.25) is 4.79 Å². The van der Waals surface area contributed by atoms with E-state index in [1.165, 1.54) is 11.3 Å². The summed E-state index contributed by atoms with van der Waals surface area (Å²) in [5, 5.41) is 13.3. The second kappa shape index (κ2) is 6.12. The average molecular weight is 256 g/mol. The van der Waals surface area contributed by atoms with Crippen molar-refractivity contribution in [1.82, 2.24) is 10.3 Å². The molecular formula is C12H20N2O2S. The van der Waals surface area contributed by atoms with E-state index >= 15 is 0 Å². The predicted molar refractivity (Wildman–Crippen MR) is 69.4 cm³/mol. The molecular weight excluding hydrogens is 236 g/mol. The van der Waals surface area contributed by atoms with Crippen LogP contribution in [-0.2, 0) is 0 Å². The fraction of sp³-hybridized carbons (Fsp3) is 0.667. The number of aryl methyl sites for hydroxylation is 2. The fourth-order valence-electron chi connectivity index (χ4n) is 1.66. The number of thiazole rings is 1. The van der Waals surface area contributed by atoms with Gasteiger partial charge in [0.1, 0.15) is 4.88 Å². The SMILES string of the molecule is Cc1nc(C)c(C(=O)NCC(O)CC(C)C)s1. The first-order valence-electron chi connectivity index (χ1n) is 5.80. The maximum absolute atomic E-state index is 11.8. The van der Waals surface area contributed by atoms with Gasteiger partial charge in [0, 0.05) is 6.54 Å². The fourth-order valence-corrected chi connectivity index (χ4v) is 2.50. The van der Waals surface area contributed by atoms with Gasteiger partial charge in [0.25, 0.3) is 5.91 Å². The molecule has 1 aromatic rings. The molecule has 0 saturated heterocycles. The highest BCUT2D eigenvalue weighted by Gasteiger charge is 2.15. The maximum atomic E-state index is 11.8. The molecule has 0 aliphatic carbocycles. The number of carbonyl (C=O) groups is 1. The third-order valence-corrected chi connectivity index (χ3v) is 3.42. The number of aliphatic hydroxyl groups is 1. The molecule has 0 aliphatic rings. The maximum Gasteiger partial charge on any atom is 0.263 e. The first-order valence-corrected chi connectivity index (χ1v) is 6.62. The number of nitrogens with one attached hydrogen (secondary N) is 1. The van der Waals surface area contributed by atoms with E-state index in [-0.39, 0.29) is 5.91 Å². The molecule has 1 amide bonds. The van der Waals surface area contributed by atoms with Crippen LogP contribution in [-0.4, -0.2) is 28.6 Å². The van der Waals surface area contributed by atoms with Gasteiger partial charge < -0.3 is 10.4 Å². The highest BCUT2D eigenvalue weighted by molar-refractivity contribution is 7.13. The number of aromatic nitrogens is 1. The van der Waals surface area contributed by atoms with Crippen molar-refractivity contribution in [2.24, 2.45) is 5.92 Å². The number of nitrogens with zero attached hydrogens (tertiary/aromatic N) is 1. The van der Waals surface area contributed by atoms with E-state index in [1.54, 1.807) is 0 Å². The van der Waals surface area contributed by atoms with Crippen LogP contribution in [0.15, 0.2) is 0 Å². The van der Waals surface area contributed by atoms with Crippen molar-refractivity contribution in [1.29, 1.82) is 0 Å². The van der Waals surface area contributed by atoms with Crippen LogP contribution in [0.1, 0.15) is 40.6 Å². The van der Waals surface area contributed by atoms with Crippen LogP contribution in [0.25, 0.3) is 0 Å². The largest absolute Gasteiger partial charge is 0.391 e. The summed E-state index contributed by atoms with van der Waals surface area (Å²) in [7, 11) is 0. The number of carbonyl (C=O) groups excluding carboxylic acids is 1. The van der Waals surface area contributed by atoms with Crippen molar-refractivity contribution in [2.45, 2.75) is 40.2 Å². The van der Waals surface area contributed by atoms with Gasteiger partial charge in [-0.1, -0.05) is 13.8 Å². The minimum atomic E-state index is -0.478. The molecule has 1 rings (SSSR count). The Bertz CT molecular complexity index is 388. The Balaban J connectivity index is 2.47. The van der Waals surface area contributed by atoms with E-state index in [2.05, 4.69) is 10.3 Å². The molecule has 2 N–H and O–H groups in total. The standard InChI is InChI=1S/C12H20N2O2S/c1-7(2)5-10(15)6-13-12(16)11-8(3)14-9(4)17-11/h7,10,15H,5-6H2,1-4H3,(H,13,16). The van der Waals surface area contributed by atoms with Gasteiger partial charge in [-0.2, -0.15) is 0 Å². The van der Waals surface area contributed by atoms with Gasteiger partial charge in [0.15, 0.2) is 0 Å². The van der Waals surface area contributed by atoms with Crippen LogP contribution in [0.2, 0.25) is 0 Å². The van der Waals surface area contributed by atoms with Crippen LogP contribution in [0.4, 0.5) is 0 Å². The molecule has 17 heavy (non-hydrogen) atoms. The zero-order chi connectivity index (χ0) is 13.0. The Morgan fingerprint density at radius 1 is 1.47 bits per heavy atom. The third-order valence-electron chi connectivity index (χ3n) is 2.35. The highest BCUT2D eigenvalue weighted by Crippen LogP contribution is 2.16. The predicted octanol–water partition coefficient (Wildman–Crippen LogP) is 1.90. The van der Waals surface area contributed by atoms with Crippen molar-refractivity contribution in [3.8, 4) is 0 Å². The molecule has 1 atom stereocenters. The lowest BCUT2D eigenvalue weighted by atomic mass is 10.1. The molecule has 1 heterocycles. The Morgan fingerprint density at radius 3 is 2.59 bits per heavy atom. The Hall–Kier alpha value is -0.940. The second-order valence-corrected chi connectivity index (χ2v) is 5.84. The molecule has 0 aliphatic heterocycles. The van der Waals surface area contributed by atoms with E-state index < -0.39 is 6.10 Å². The lowest BCUT2D eigenvalue weighted by Gasteiger charge is -2.13. The van der Waals surface area contributed by atoms with E-state index in [0.29, 0.717) is 23.8 Å². The number of amides is 1. The molecule has 0 fully saturated rings. The molecule has 1 unspecified atom stereocenters. The van der Waals surface area contributed by atoms with E-state index in [4.69, 9.17) is 0 Å². The quantitative estimate of drug-likeness (QED) is 0.845. The van der Waals surface area contributed by atoms with Crippen LogP contribution < -0.4 is 5.32 Å². The first kappa shape index (κ1) is 14.1. The summed E-state index contributed by atoms with van der Waals surface area (Å²) >= 11 is 1.38. The minimum Gasteiger partial charge on any atom is -0.391 e. The molecule has 0 radical (unpaired) electrons. The number of aliphatic hydroxyl groups excluding tert-OH is 1. The molecule has 96 valence electrons. The lowest BCUT2D eigenvalue weighted by Crippen LogP contribution is -2.32. The Labute approximate surface area is 106 Å². The van der Waals surface area contributed by atoms with Crippen molar-refractivity contribution >= 4 is 17.2 Å². The van der Waals surface area contributed by atoms with E-state index in [0.717, 1.165) is 10.7 Å². The molecule has 4 nitrogen and oxygen atoms in total. The van der Waals surface area contributed by atoms with Crippen molar-refractivity contribution < 1.29 is 9.90 Å². The summed E-state index contributed by atoms with van der Waals surface area (Å²) < 4.78 is 0. The lowest BCUT2D eigenvalue weighted by molar-refractivity contribution is 0.0903. The molecule has 5 heteroatoms. The summed E-state index contributed by atoms with van der Waals surface area (Å²) in [6, 6.07) is 0. The topological polar surface area (TPSA) is 62.2 Å². The minimum absolute atomic E-state index is 0.143. The van der Waals surface area contributed by atoms with Gasteiger partial charge in [-0.25, -0.2) is 4.98 Å². The molecule has 0 spiro atoms. The molecule has 0 aromatic carbocycles. The Morgan fingerprint density at radius 2 is 2.12 bits per heavy atom. The van der Waals surface area contributed by atoms with Crippen LogP contribution >= 0.6 is 11.3 Å². The van der Waals surface area contributed by atoms with Crippen LogP contribution in [0.3, 0.4) is 0 Å². The molecule has 0 saturated carbocycles. The van der Waals surface area contributed by atoms with Crippen LogP contribution in [0.5, 0.6) is 0 Å². The number of hydrogen-bond donors (Lipinski definition) is 2. The van der Waals surface area contributed by atoms with Gasteiger partial charge in [0.05, 0.1) is 16.8 Å². The Kier molecular flexibility index (Phi) is 5.08. The summed E-state index contributed by atoms with van der Waals surface area (Å²) in [5.41, 5.74) is 0.753. The normalized spacial score (nSPS) is 12.8. The molecule has 1 aromatic heterocycles. The summed E-state index contributed by atoms with van der Waals surface area (Å²) in [6.07, 6.45) is 0.217. The highest BCUT2D eigenvalue weighted by atomic mass is 32.1. The van der Waals surface area contributed by atoms with Crippen molar-refractivity contribution in [3.05, 3.63) is 15.6 Å². The molecule has 0 bridgehead atoms. The van der Waals surface area contributed by atoms with Crippen molar-refractivity contribution in [3.63, 3.8) is 0 Å². The second-order valence-electron chi connectivity index (χ2n) is 4.64. The van der Waals surface area contributed by atoms with Gasteiger partial charge in [-0.15, -0.1) is 11.3 Å². The van der Waals surface area contributed by atoms with Gasteiger partial charge in [0.2, 0.25) is 0 Å². The average Bonchev–Trinajstić information content (AvgIpc) is 2.53.